The fraction of sp³-hybridized carbons (Fsp3) is 0.800. The first kappa shape index (κ1) is 16.3. The fourth-order valence-electron chi connectivity index (χ4n) is 3.59. The van der Waals surface area contributed by atoms with Crippen molar-refractivity contribution in [3.63, 3.8) is 0 Å². The Kier molecular flexibility index (Phi) is 5.61. The number of ether oxygens (including phenoxy) is 1. The van der Waals surface area contributed by atoms with E-state index < -0.39 is 0 Å². The summed E-state index contributed by atoms with van der Waals surface area (Å²) < 4.78 is 5.69. The van der Waals surface area contributed by atoms with Crippen molar-refractivity contribution in [3.05, 3.63) is 17.3 Å². The van der Waals surface area contributed by atoms with Crippen molar-refractivity contribution in [2.45, 2.75) is 51.6 Å². The van der Waals surface area contributed by atoms with Gasteiger partial charge in [-0.1, -0.05) is 6.92 Å². The molecule has 2 aliphatic rings. The third-order valence-corrected chi connectivity index (χ3v) is 4.43. The highest BCUT2D eigenvalue weighted by Gasteiger charge is 2.47. The van der Waals surface area contributed by atoms with Gasteiger partial charge in [0, 0.05) is 31.0 Å². The number of hydrogen-bond acceptors (Lipinski definition) is 3. The first-order chi connectivity index (χ1) is 10.0. The molecular formula is C15H28N4O2. The van der Waals surface area contributed by atoms with Gasteiger partial charge in [-0.15, -0.1) is 0 Å². The minimum Gasteiger partial charge on any atom is -0.425 e. The Morgan fingerprint density at radius 3 is 2.95 bits per heavy atom. The van der Waals surface area contributed by atoms with Crippen LogP contribution in [0.1, 0.15) is 39.5 Å². The SMILES string of the molecule is CCC(=O)N1C2CCC1C(COC[N-][NH+](C)/C=C(/C)N)C2. The second-order valence-corrected chi connectivity index (χ2v) is 6.14. The van der Waals surface area contributed by atoms with E-state index in [4.69, 9.17) is 10.5 Å². The van der Waals surface area contributed by atoms with Crippen LogP contribution in [0.15, 0.2) is 11.9 Å². The predicted molar refractivity (Wildman–Crippen MR) is 81.1 cm³/mol. The quantitative estimate of drug-likeness (QED) is 0.527. The number of nitrogens with zero attached hydrogens (tertiary/aromatic N) is 2. The lowest BCUT2D eigenvalue weighted by Crippen LogP contribution is -3.00. The second kappa shape index (κ2) is 7.24. The molecular weight excluding hydrogens is 268 g/mol. The van der Waals surface area contributed by atoms with Crippen LogP contribution in [0.4, 0.5) is 0 Å². The maximum atomic E-state index is 12.0. The number of allylic oxidation sites excluding steroid dienone is 1. The van der Waals surface area contributed by atoms with Crippen LogP contribution in [0.5, 0.6) is 0 Å². The number of rotatable bonds is 7. The summed E-state index contributed by atoms with van der Waals surface area (Å²) in [5.41, 5.74) is 10.7. The summed E-state index contributed by atoms with van der Waals surface area (Å²) in [7, 11) is 1.92. The highest BCUT2D eigenvalue weighted by atomic mass is 16.5. The molecule has 0 spiro atoms. The number of fused-ring (bicyclic) bond motifs is 2. The Morgan fingerprint density at radius 2 is 2.29 bits per heavy atom. The number of nitrogens with one attached hydrogen (secondary N) is 1. The van der Waals surface area contributed by atoms with Gasteiger partial charge in [-0.25, -0.2) is 0 Å². The van der Waals surface area contributed by atoms with Gasteiger partial charge >= 0.3 is 0 Å². The topological polar surface area (TPSA) is 74.1 Å². The van der Waals surface area contributed by atoms with Gasteiger partial charge in [0.25, 0.3) is 0 Å². The molecule has 2 saturated heterocycles. The minimum atomic E-state index is 0.294. The van der Waals surface area contributed by atoms with Crippen molar-refractivity contribution in [1.82, 2.24) is 4.90 Å². The lowest BCUT2D eigenvalue weighted by atomic mass is 9.90. The molecule has 2 heterocycles. The van der Waals surface area contributed by atoms with Crippen LogP contribution in [0.25, 0.3) is 5.43 Å². The zero-order valence-corrected chi connectivity index (χ0v) is 13.3. The second-order valence-electron chi connectivity index (χ2n) is 6.14. The van der Waals surface area contributed by atoms with Crippen LogP contribution in [0, 0.1) is 5.92 Å². The molecule has 3 N–H and O–H groups in total. The largest absolute Gasteiger partial charge is 0.425 e. The molecule has 2 fully saturated rings. The van der Waals surface area contributed by atoms with E-state index in [1.54, 1.807) is 0 Å². The highest BCUT2D eigenvalue weighted by Crippen LogP contribution is 2.42. The Labute approximate surface area is 127 Å². The summed E-state index contributed by atoms with van der Waals surface area (Å²) in [5, 5.41) is 0.880. The predicted octanol–water partition coefficient (Wildman–Crippen LogP) is 0.373. The maximum absolute atomic E-state index is 12.0. The van der Waals surface area contributed by atoms with Crippen LogP contribution >= 0.6 is 0 Å². The number of quaternary nitrogens is 1. The summed E-state index contributed by atoms with van der Waals surface area (Å²) >= 11 is 0. The van der Waals surface area contributed by atoms with Crippen molar-refractivity contribution < 1.29 is 14.5 Å². The monoisotopic (exact) mass is 296 g/mol. The van der Waals surface area contributed by atoms with Gasteiger partial charge in [0.15, 0.2) is 0 Å². The Balaban J connectivity index is 1.71. The average Bonchev–Trinajstić information content (AvgIpc) is 2.99. The van der Waals surface area contributed by atoms with Crippen LogP contribution in [-0.4, -0.2) is 43.3 Å². The molecule has 0 saturated carbocycles. The summed E-state index contributed by atoms with van der Waals surface area (Å²) in [6.07, 6.45) is 5.81. The molecule has 4 atom stereocenters. The molecule has 6 heteroatoms. The molecule has 2 aliphatic heterocycles. The fourth-order valence-corrected chi connectivity index (χ4v) is 3.59. The third kappa shape index (κ3) is 3.96. The minimum absolute atomic E-state index is 0.294. The Bertz CT molecular complexity index is 395. The van der Waals surface area contributed by atoms with Crippen LogP contribution < -0.4 is 10.7 Å². The summed E-state index contributed by atoms with van der Waals surface area (Å²) in [6, 6.07) is 0.836. The van der Waals surface area contributed by atoms with Gasteiger partial charge in [0.2, 0.25) is 5.91 Å². The van der Waals surface area contributed by atoms with Crippen molar-refractivity contribution in [2.24, 2.45) is 11.7 Å². The van der Waals surface area contributed by atoms with E-state index in [0.29, 0.717) is 43.7 Å². The van der Waals surface area contributed by atoms with Gasteiger partial charge in [-0.05, 0) is 32.9 Å². The first-order valence-electron chi connectivity index (χ1n) is 7.86. The number of amides is 1. The van der Waals surface area contributed by atoms with Crippen LogP contribution in [0.2, 0.25) is 0 Å². The van der Waals surface area contributed by atoms with Crippen molar-refractivity contribution >= 4 is 5.91 Å². The number of carbonyl (C=O) groups excluding carboxylic acids is 1. The molecule has 6 nitrogen and oxygen atoms in total. The van der Waals surface area contributed by atoms with Gasteiger partial charge in [-0.2, -0.15) is 0 Å². The molecule has 0 radical (unpaired) electrons. The number of carbonyl (C=O) groups is 1. The molecule has 2 bridgehead atoms. The highest BCUT2D eigenvalue weighted by molar-refractivity contribution is 5.77. The zero-order chi connectivity index (χ0) is 15.4. The van der Waals surface area contributed by atoms with Crippen molar-refractivity contribution in [1.29, 1.82) is 0 Å². The van der Waals surface area contributed by atoms with Crippen molar-refractivity contribution in [2.75, 3.05) is 20.4 Å². The summed E-state index contributed by atoms with van der Waals surface area (Å²) in [6.45, 7) is 4.84. The summed E-state index contributed by atoms with van der Waals surface area (Å²) in [5.74, 6) is 0.768. The molecule has 4 unspecified atom stereocenters. The van der Waals surface area contributed by atoms with E-state index >= 15 is 0 Å². The van der Waals surface area contributed by atoms with Gasteiger partial charge in [-0.3, -0.25) is 4.79 Å². The number of nitrogens with two attached hydrogens (primary N) is 1. The third-order valence-electron chi connectivity index (χ3n) is 4.43. The normalized spacial score (nSPS) is 30.0. The smallest absolute Gasteiger partial charge is 0.222 e. The molecule has 2 rings (SSSR count). The van der Waals surface area contributed by atoms with Gasteiger partial charge in [0.05, 0.1) is 12.7 Å². The molecule has 0 aromatic rings. The van der Waals surface area contributed by atoms with Gasteiger partial charge in [0.1, 0.15) is 6.20 Å². The number of hydrogen-bond donors (Lipinski definition) is 2. The maximum Gasteiger partial charge on any atom is 0.222 e. The molecule has 0 aliphatic carbocycles. The Hall–Kier alpha value is -1.11. The van der Waals surface area contributed by atoms with E-state index in [9.17, 15) is 4.79 Å². The van der Waals surface area contributed by atoms with E-state index in [0.717, 1.165) is 30.0 Å². The lowest BCUT2D eigenvalue weighted by Gasteiger charge is -2.27. The molecule has 0 aromatic heterocycles. The molecule has 0 aromatic carbocycles. The summed E-state index contributed by atoms with van der Waals surface area (Å²) in [4.78, 5) is 14.1. The zero-order valence-electron chi connectivity index (χ0n) is 13.3. The van der Waals surface area contributed by atoms with E-state index in [2.05, 4.69) is 10.3 Å². The van der Waals surface area contributed by atoms with Gasteiger partial charge < -0.3 is 25.8 Å². The van der Waals surface area contributed by atoms with Crippen molar-refractivity contribution in [3.8, 4) is 0 Å². The molecule has 120 valence electrons. The molecule has 1 amide bonds. The standard InChI is InChI=1S/C15H28N4O2/c1-4-15(20)19-13-5-6-14(19)12(7-13)9-21-10-17-18(3)8-11(2)16/h8,12-14,18H,4-7,9-10,16H2,1-3H3/b11-8-. The molecule has 21 heavy (non-hydrogen) atoms. The van der Waals surface area contributed by atoms with Crippen LogP contribution in [0.3, 0.4) is 0 Å². The average molecular weight is 296 g/mol. The van der Waals surface area contributed by atoms with E-state index in [1.807, 2.05) is 27.1 Å². The Morgan fingerprint density at radius 1 is 1.52 bits per heavy atom. The lowest BCUT2D eigenvalue weighted by molar-refractivity contribution is -0.786. The first-order valence-corrected chi connectivity index (χ1v) is 7.86. The van der Waals surface area contributed by atoms with E-state index in [-0.39, 0.29) is 0 Å². The van der Waals surface area contributed by atoms with E-state index in [1.165, 1.54) is 0 Å². The van der Waals surface area contributed by atoms with Crippen LogP contribution in [-0.2, 0) is 9.53 Å².